The van der Waals surface area contributed by atoms with Crippen LogP contribution in [0.2, 0.25) is 0 Å². The van der Waals surface area contributed by atoms with Gasteiger partial charge in [-0.3, -0.25) is 0 Å². The summed E-state index contributed by atoms with van der Waals surface area (Å²) < 4.78 is 44.8. The minimum atomic E-state index is -3.79. The van der Waals surface area contributed by atoms with Gasteiger partial charge < -0.3 is 19.1 Å². The molecule has 1 aromatic carbocycles. The molecule has 1 saturated heterocycles. The number of fused-ring (bicyclic) bond motifs is 2. The largest absolute Gasteiger partial charge is 0.486 e. The average molecular weight is 418 g/mol. The predicted molar refractivity (Wildman–Crippen MR) is 105 cm³/mol. The summed E-state index contributed by atoms with van der Waals surface area (Å²) in [6, 6.07) is 4.73. The molecule has 0 bridgehead atoms. The number of aryl methyl sites for hydroxylation is 1. The van der Waals surface area contributed by atoms with Gasteiger partial charge in [-0.2, -0.15) is 4.98 Å². The van der Waals surface area contributed by atoms with E-state index in [1.165, 1.54) is 10.4 Å². The van der Waals surface area contributed by atoms with Crippen LogP contribution in [0.5, 0.6) is 11.5 Å². The summed E-state index contributed by atoms with van der Waals surface area (Å²) in [5.74, 6) is 2.01. The van der Waals surface area contributed by atoms with E-state index < -0.39 is 10.0 Å². The molecule has 10 heteroatoms. The van der Waals surface area contributed by atoms with Crippen LogP contribution in [0.4, 0.5) is 11.8 Å². The highest BCUT2D eigenvalue weighted by atomic mass is 32.2. The maximum Gasteiger partial charge on any atom is 0.265 e. The molecule has 4 heterocycles. The molecule has 0 aliphatic carbocycles. The lowest BCUT2D eigenvalue weighted by Crippen LogP contribution is -2.39. The van der Waals surface area contributed by atoms with E-state index in [4.69, 9.17) is 14.2 Å². The molecular formula is C19H22N4O5S. The van der Waals surface area contributed by atoms with Crippen molar-refractivity contribution in [1.82, 2.24) is 9.97 Å². The Hall–Kier alpha value is -2.59. The Balaban J connectivity index is 1.52. The Kier molecular flexibility index (Phi) is 4.67. The molecule has 0 atom stereocenters. The van der Waals surface area contributed by atoms with Crippen LogP contribution >= 0.6 is 0 Å². The van der Waals surface area contributed by atoms with Crippen LogP contribution in [-0.4, -0.2) is 64.4 Å². The van der Waals surface area contributed by atoms with Crippen LogP contribution in [0, 0.1) is 0 Å². The quantitative estimate of drug-likeness (QED) is 0.735. The number of sulfonamides is 1. The van der Waals surface area contributed by atoms with Gasteiger partial charge in [-0.1, -0.05) is 0 Å². The smallest absolute Gasteiger partial charge is 0.265 e. The van der Waals surface area contributed by atoms with Crippen LogP contribution < -0.4 is 18.7 Å². The van der Waals surface area contributed by atoms with Crippen LogP contribution in [-0.2, 0) is 21.2 Å². The highest BCUT2D eigenvalue weighted by Crippen LogP contribution is 2.36. The lowest BCUT2D eigenvalue weighted by molar-refractivity contribution is 0.122. The van der Waals surface area contributed by atoms with E-state index in [-0.39, 0.29) is 4.90 Å². The van der Waals surface area contributed by atoms with Crippen molar-refractivity contribution < 1.29 is 22.6 Å². The Bertz CT molecular complexity index is 1020. The minimum Gasteiger partial charge on any atom is -0.486 e. The molecule has 0 saturated carbocycles. The maximum absolute atomic E-state index is 13.5. The summed E-state index contributed by atoms with van der Waals surface area (Å²) in [7, 11) is -3.79. The zero-order chi connectivity index (χ0) is 19.8. The Morgan fingerprint density at radius 3 is 2.59 bits per heavy atom. The number of hydrogen-bond acceptors (Lipinski definition) is 8. The number of nitrogens with zero attached hydrogens (tertiary/aromatic N) is 4. The first-order chi connectivity index (χ1) is 14.1. The maximum atomic E-state index is 13.5. The summed E-state index contributed by atoms with van der Waals surface area (Å²) >= 11 is 0. The molecule has 0 spiro atoms. The van der Waals surface area contributed by atoms with Crippen LogP contribution in [0.15, 0.2) is 29.3 Å². The first-order valence-corrected chi connectivity index (χ1v) is 11.2. The molecule has 154 valence electrons. The van der Waals surface area contributed by atoms with E-state index in [1.54, 1.807) is 18.3 Å². The summed E-state index contributed by atoms with van der Waals surface area (Å²) in [6.45, 7) is 3.84. The summed E-state index contributed by atoms with van der Waals surface area (Å²) in [6.07, 6.45) is 3.22. The van der Waals surface area contributed by atoms with Gasteiger partial charge in [0.15, 0.2) is 17.3 Å². The Morgan fingerprint density at radius 2 is 1.76 bits per heavy atom. The third-order valence-corrected chi connectivity index (χ3v) is 7.05. The zero-order valence-corrected chi connectivity index (χ0v) is 16.7. The molecule has 29 heavy (non-hydrogen) atoms. The molecule has 2 aromatic rings. The van der Waals surface area contributed by atoms with Crippen molar-refractivity contribution >= 4 is 21.8 Å². The lowest BCUT2D eigenvalue weighted by Gasteiger charge is -2.32. The van der Waals surface area contributed by atoms with E-state index in [1.807, 2.05) is 4.90 Å². The third-order valence-electron chi connectivity index (χ3n) is 5.27. The van der Waals surface area contributed by atoms with Gasteiger partial charge in [-0.05, 0) is 25.0 Å². The van der Waals surface area contributed by atoms with Crippen molar-refractivity contribution in [3.63, 3.8) is 0 Å². The normalized spacial score (nSPS) is 19.0. The molecule has 0 amide bonds. The highest BCUT2D eigenvalue weighted by molar-refractivity contribution is 7.92. The average Bonchev–Trinajstić information content (AvgIpc) is 2.78. The molecule has 3 aliphatic heterocycles. The summed E-state index contributed by atoms with van der Waals surface area (Å²) in [4.78, 5) is 11.3. The molecular weight excluding hydrogens is 396 g/mol. The van der Waals surface area contributed by atoms with E-state index in [9.17, 15) is 8.42 Å². The first-order valence-electron chi connectivity index (χ1n) is 9.74. The van der Waals surface area contributed by atoms with Crippen molar-refractivity contribution in [3.05, 3.63) is 30.0 Å². The van der Waals surface area contributed by atoms with Gasteiger partial charge in [0.2, 0.25) is 5.95 Å². The predicted octanol–water partition coefficient (Wildman–Crippen LogP) is 1.23. The van der Waals surface area contributed by atoms with Crippen molar-refractivity contribution in [1.29, 1.82) is 0 Å². The molecule has 1 fully saturated rings. The summed E-state index contributed by atoms with van der Waals surface area (Å²) in [5.41, 5.74) is 0.842. The molecule has 0 unspecified atom stereocenters. The van der Waals surface area contributed by atoms with Gasteiger partial charge in [0.1, 0.15) is 13.2 Å². The van der Waals surface area contributed by atoms with Gasteiger partial charge in [-0.25, -0.2) is 17.7 Å². The number of aromatic nitrogens is 2. The SMILES string of the molecule is O=S(=O)(c1ccc2c(c1)OCCO2)N1CCCc2cnc(N3CCOCC3)nc21. The van der Waals surface area contributed by atoms with Crippen molar-refractivity contribution in [3.8, 4) is 11.5 Å². The summed E-state index contributed by atoms with van der Waals surface area (Å²) in [5, 5.41) is 0. The van der Waals surface area contributed by atoms with E-state index >= 15 is 0 Å². The second kappa shape index (κ2) is 7.34. The number of ether oxygens (including phenoxy) is 3. The molecule has 5 rings (SSSR count). The molecule has 3 aliphatic rings. The number of hydrogen-bond donors (Lipinski definition) is 0. The van der Waals surface area contributed by atoms with E-state index in [0.29, 0.717) is 69.3 Å². The second-order valence-electron chi connectivity index (χ2n) is 7.10. The standard InChI is InChI=1S/C19H22N4O5S/c24-29(25,15-3-4-16-17(12-15)28-11-10-27-16)23-5-1-2-14-13-20-19(21-18(14)23)22-6-8-26-9-7-22/h3-4,12-13H,1-2,5-11H2. The number of morpholine rings is 1. The van der Waals surface area contributed by atoms with Gasteiger partial charge in [0, 0.05) is 37.5 Å². The van der Waals surface area contributed by atoms with Crippen LogP contribution in [0.25, 0.3) is 0 Å². The fourth-order valence-electron chi connectivity index (χ4n) is 3.76. The topological polar surface area (TPSA) is 94.1 Å². The minimum absolute atomic E-state index is 0.168. The van der Waals surface area contributed by atoms with Crippen LogP contribution in [0.3, 0.4) is 0 Å². The molecule has 9 nitrogen and oxygen atoms in total. The molecule has 0 N–H and O–H groups in total. The molecule has 0 radical (unpaired) electrons. The van der Waals surface area contributed by atoms with Gasteiger partial charge >= 0.3 is 0 Å². The number of benzene rings is 1. The van der Waals surface area contributed by atoms with E-state index in [0.717, 1.165) is 18.4 Å². The van der Waals surface area contributed by atoms with Gasteiger partial charge in [-0.15, -0.1) is 0 Å². The van der Waals surface area contributed by atoms with Crippen molar-refractivity contribution in [2.45, 2.75) is 17.7 Å². The Morgan fingerprint density at radius 1 is 0.966 bits per heavy atom. The second-order valence-corrected chi connectivity index (χ2v) is 8.97. The fourth-order valence-corrected chi connectivity index (χ4v) is 5.27. The van der Waals surface area contributed by atoms with Crippen molar-refractivity contribution in [2.75, 3.05) is 55.3 Å². The monoisotopic (exact) mass is 418 g/mol. The first kappa shape index (κ1) is 18.4. The number of anilines is 2. The van der Waals surface area contributed by atoms with E-state index in [2.05, 4.69) is 9.97 Å². The molecule has 1 aromatic heterocycles. The third kappa shape index (κ3) is 3.36. The lowest BCUT2D eigenvalue weighted by atomic mass is 10.1. The van der Waals surface area contributed by atoms with Gasteiger partial charge in [0.25, 0.3) is 10.0 Å². The van der Waals surface area contributed by atoms with Crippen molar-refractivity contribution in [2.24, 2.45) is 0 Å². The number of rotatable bonds is 3. The Labute approximate surface area is 169 Å². The van der Waals surface area contributed by atoms with Crippen LogP contribution in [0.1, 0.15) is 12.0 Å². The fraction of sp³-hybridized carbons (Fsp3) is 0.474. The highest BCUT2D eigenvalue weighted by Gasteiger charge is 2.32. The zero-order valence-electron chi connectivity index (χ0n) is 15.9. The van der Waals surface area contributed by atoms with Gasteiger partial charge in [0.05, 0.1) is 18.1 Å².